The van der Waals surface area contributed by atoms with Crippen LogP contribution in [0.1, 0.15) is 39.0 Å². The van der Waals surface area contributed by atoms with Crippen LogP contribution in [0.25, 0.3) is 0 Å². The number of nitrogens with two attached hydrogens (primary N) is 1. The highest BCUT2D eigenvalue weighted by molar-refractivity contribution is 5.84. The maximum absolute atomic E-state index is 11.6. The Labute approximate surface area is 116 Å². The Bertz CT molecular complexity index is 282. The van der Waals surface area contributed by atoms with Crippen molar-refractivity contribution in [1.29, 1.82) is 0 Å². The Morgan fingerprint density at radius 1 is 1.42 bits per heavy atom. The van der Waals surface area contributed by atoms with Crippen molar-refractivity contribution in [3.05, 3.63) is 0 Å². The van der Waals surface area contributed by atoms with Gasteiger partial charge in [0.25, 0.3) is 0 Å². The number of carbonyl (C=O) groups excluding carboxylic acids is 1. The van der Waals surface area contributed by atoms with Crippen molar-refractivity contribution in [2.45, 2.75) is 50.6 Å². The molecule has 0 aromatic carbocycles. The molecule has 1 unspecified atom stereocenters. The Kier molecular flexibility index (Phi) is 6.75. The predicted molar refractivity (Wildman–Crippen MR) is 77.0 cm³/mol. The number of hydrogen-bond acceptors (Lipinski definition) is 4. The summed E-state index contributed by atoms with van der Waals surface area (Å²) in [5, 5.41) is 3.38. The second-order valence-electron chi connectivity index (χ2n) is 5.87. The average molecular weight is 271 g/mol. The van der Waals surface area contributed by atoms with Crippen LogP contribution in [0.5, 0.6) is 0 Å². The van der Waals surface area contributed by atoms with Gasteiger partial charge in [0.2, 0.25) is 5.91 Å². The third-order valence-electron chi connectivity index (χ3n) is 3.79. The summed E-state index contributed by atoms with van der Waals surface area (Å²) in [6.45, 7) is 4.67. The second kappa shape index (κ2) is 7.82. The fraction of sp³-hybridized carbons (Fsp3) is 0.929. The summed E-state index contributed by atoms with van der Waals surface area (Å²) in [5.74, 6) is -0.230. The van der Waals surface area contributed by atoms with E-state index in [1.54, 1.807) is 7.11 Å². The van der Waals surface area contributed by atoms with Gasteiger partial charge in [-0.1, -0.05) is 0 Å². The summed E-state index contributed by atoms with van der Waals surface area (Å²) < 4.78 is 5.04. The number of nitrogens with zero attached hydrogens (tertiary/aromatic N) is 1. The number of amides is 1. The van der Waals surface area contributed by atoms with Crippen molar-refractivity contribution in [1.82, 2.24) is 10.2 Å². The molecule has 3 N–H and O–H groups in total. The van der Waals surface area contributed by atoms with Gasteiger partial charge >= 0.3 is 0 Å². The number of primary amides is 1. The van der Waals surface area contributed by atoms with E-state index in [-0.39, 0.29) is 5.91 Å². The quantitative estimate of drug-likeness (QED) is 0.544. The van der Waals surface area contributed by atoms with Gasteiger partial charge in [0.05, 0.1) is 12.1 Å². The zero-order valence-corrected chi connectivity index (χ0v) is 12.6. The third kappa shape index (κ3) is 6.36. The molecule has 1 fully saturated rings. The van der Waals surface area contributed by atoms with Crippen LogP contribution in [0.3, 0.4) is 0 Å². The minimum absolute atomic E-state index is 0.230. The summed E-state index contributed by atoms with van der Waals surface area (Å²) in [7, 11) is 3.81. The third-order valence-corrected chi connectivity index (χ3v) is 3.79. The molecule has 5 heteroatoms. The topological polar surface area (TPSA) is 67.6 Å². The molecule has 0 spiro atoms. The van der Waals surface area contributed by atoms with E-state index in [0.717, 1.165) is 39.0 Å². The molecule has 0 aromatic rings. The molecule has 0 aliphatic heterocycles. The van der Waals surface area contributed by atoms with Gasteiger partial charge in [0, 0.05) is 19.7 Å². The van der Waals surface area contributed by atoms with Gasteiger partial charge in [0.15, 0.2) is 0 Å². The lowest BCUT2D eigenvalue weighted by molar-refractivity contribution is -0.124. The number of hydrogen-bond donors (Lipinski definition) is 2. The van der Waals surface area contributed by atoms with Crippen molar-refractivity contribution in [2.24, 2.45) is 5.73 Å². The Morgan fingerprint density at radius 3 is 2.63 bits per heavy atom. The van der Waals surface area contributed by atoms with Crippen LogP contribution in [-0.2, 0) is 9.53 Å². The van der Waals surface area contributed by atoms with Gasteiger partial charge in [-0.3, -0.25) is 4.79 Å². The molecule has 5 nitrogen and oxygen atoms in total. The molecule has 0 bridgehead atoms. The Balaban J connectivity index is 2.19. The molecule has 1 saturated carbocycles. The molecule has 0 radical (unpaired) electrons. The number of likely N-dealkylation sites (N-methyl/N-ethyl adjacent to an activating group) is 1. The van der Waals surface area contributed by atoms with Crippen molar-refractivity contribution in [3.8, 4) is 0 Å². The van der Waals surface area contributed by atoms with E-state index in [2.05, 4.69) is 17.3 Å². The molecule has 0 heterocycles. The van der Waals surface area contributed by atoms with Gasteiger partial charge in [-0.25, -0.2) is 0 Å². The lowest BCUT2D eigenvalue weighted by Crippen LogP contribution is -2.54. The highest BCUT2D eigenvalue weighted by Crippen LogP contribution is 2.25. The maximum Gasteiger partial charge on any atom is 0.237 e. The van der Waals surface area contributed by atoms with Crippen LogP contribution in [0, 0.1) is 0 Å². The van der Waals surface area contributed by atoms with Crippen LogP contribution in [0.15, 0.2) is 0 Å². The molecular weight excluding hydrogens is 242 g/mol. The van der Waals surface area contributed by atoms with Crippen LogP contribution in [0.2, 0.25) is 0 Å². The molecule has 19 heavy (non-hydrogen) atoms. The van der Waals surface area contributed by atoms with E-state index in [9.17, 15) is 4.79 Å². The van der Waals surface area contributed by atoms with Crippen LogP contribution in [-0.4, -0.2) is 56.2 Å². The largest absolute Gasteiger partial charge is 0.383 e. The van der Waals surface area contributed by atoms with Crippen molar-refractivity contribution < 1.29 is 9.53 Å². The van der Waals surface area contributed by atoms with Crippen LogP contribution in [0.4, 0.5) is 0 Å². The smallest absolute Gasteiger partial charge is 0.237 e. The standard InChI is InChI=1S/C14H29N3O2/c1-14(13(15)18,16-12-6-7-12)8-4-5-9-17(2)10-11-19-3/h12,16H,4-11H2,1-3H3,(H2,15,18). The molecule has 112 valence electrons. The van der Waals surface area contributed by atoms with E-state index in [1.807, 2.05) is 6.92 Å². The lowest BCUT2D eigenvalue weighted by atomic mass is 9.93. The molecule has 1 atom stereocenters. The first-order chi connectivity index (χ1) is 8.98. The summed E-state index contributed by atoms with van der Waals surface area (Å²) in [5.41, 5.74) is 4.99. The summed E-state index contributed by atoms with van der Waals surface area (Å²) in [6.07, 6.45) is 5.24. The lowest BCUT2D eigenvalue weighted by Gasteiger charge is -2.28. The first-order valence-electron chi connectivity index (χ1n) is 7.23. The van der Waals surface area contributed by atoms with Crippen LogP contribution < -0.4 is 11.1 Å². The molecule has 0 aromatic heterocycles. The minimum atomic E-state index is -0.535. The van der Waals surface area contributed by atoms with Crippen molar-refractivity contribution in [3.63, 3.8) is 0 Å². The molecule has 1 rings (SSSR count). The SMILES string of the molecule is COCCN(C)CCCCC(C)(NC1CC1)C(N)=O. The summed E-state index contributed by atoms with van der Waals surface area (Å²) in [6, 6.07) is 0.502. The average Bonchev–Trinajstić information content (AvgIpc) is 3.15. The molecular formula is C14H29N3O2. The first kappa shape index (κ1) is 16.4. The second-order valence-corrected chi connectivity index (χ2v) is 5.87. The molecule has 1 amide bonds. The monoisotopic (exact) mass is 271 g/mol. The fourth-order valence-corrected chi connectivity index (χ4v) is 2.16. The molecule has 1 aliphatic rings. The van der Waals surface area contributed by atoms with Gasteiger partial charge in [-0.15, -0.1) is 0 Å². The highest BCUT2D eigenvalue weighted by Gasteiger charge is 2.36. The van der Waals surface area contributed by atoms with E-state index >= 15 is 0 Å². The van der Waals surface area contributed by atoms with Gasteiger partial charge in [0.1, 0.15) is 0 Å². The van der Waals surface area contributed by atoms with Gasteiger partial charge in [-0.2, -0.15) is 0 Å². The number of unbranched alkanes of at least 4 members (excludes halogenated alkanes) is 1. The number of nitrogens with one attached hydrogen (secondary N) is 1. The van der Waals surface area contributed by atoms with E-state index < -0.39 is 5.54 Å². The van der Waals surface area contributed by atoms with Crippen LogP contribution >= 0.6 is 0 Å². The van der Waals surface area contributed by atoms with E-state index in [0.29, 0.717) is 6.04 Å². The number of methoxy groups -OCH3 is 1. The number of rotatable bonds is 11. The first-order valence-corrected chi connectivity index (χ1v) is 7.23. The normalized spacial score (nSPS) is 18.5. The van der Waals surface area contributed by atoms with E-state index in [4.69, 9.17) is 10.5 Å². The maximum atomic E-state index is 11.6. The summed E-state index contributed by atoms with van der Waals surface area (Å²) >= 11 is 0. The molecule has 0 saturated heterocycles. The Hall–Kier alpha value is -0.650. The van der Waals surface area contributed by atoms with Crippen molar-refractivity contribution in [2.75, 3.05) is 33.9 Å². The van der Waals surface area contributed by atoms with Gasteiger partial charge in [-0.05, 0) is 52.6 Å². The number of ether oxygens (including phenoxy) is 1. The number of carbonyl (C=O) groups is 1. The zero-order valence-electron chi connectivity index (χ0n) is 12.6. The van der Waals surface area contributed by atoms with E-state index in [1.165, 1.54) is 12.8 Å². The zero-order chi connectivity index (χ0) is 14.3. The Morgan fingerprint density at radius 2 is 2.11 bits per heavy atom. The molecule has 1 aliphatic carbocycles. The predicted octanol–water partition coefficient (Wildman–Crippen LogP) is 0.731. The summed E-state index contributed by atoms with van der Waals surface area (Å²) in [4.78, 5) is 13.8. The van der Waals surface area contributed by atoms with Crippen molar-refractivity contribution >= 4 is 5.91 Å². The minimum Gasteiger partial charge on any atom is -0.383 e. The fourth-order valence-electron chi connectivity index (χ4n) is 2.16. The van der Waals surface area contributed by atoms with Gasteiger partial charge < -0.3 is 20.7 Å². The highest BCUT2D eigenvalue weighted by atomic mass is 16.5.